The molecule has 13 heavy (non-hydrogen) atoms. The fourth-order valence-electron chi connectivity index (χ4n) is 0.449. The van der Waals surface area contributed by atoms with Crippen LogP contribution in [0.4, 0.5) is 5.82 Å². The summed E-state index contributed by atoms with van der Waals surface area (Å²) in [6.07, 6.45) is 5.14. The Labute approximate surface area is 103 Å². The Morgan fingerprint density at radius 3 is 2.31 bits per heavy atom. The maximum Gasteiger partial charge on any atom is 2.00 e. The van der Waals surface area contributed by atoms with Gasteiger partial charge in [-0.15, -0.1) is 6.92 Å². The quantitative estimate of drug-likeness (QED) is 0.530. The summed E-state index contributed by atoms with van der Waals surface area (Å²) in [7, 11) is 0. The Balaban J connectivity index is 0. The molecule has 1 aromatic heterocycles. The third kappa shape index (κ3) is 6.85. The van der Waals surface area contributed by atoms with Crippen LogP contribution in [0.3, 0.4) is 0 Å². The SMILES string of the molecule is CC.C[C-]=Nc1[c-]nc(C)nn1.[U+2]. The van der Waals surface area contributed by atoms with Crippen molar-refractivity contribution in [3.63, 3.8) is 0 Å². The third-order valence-corrected chi connectivity index (χ3v) is 0.825. The molecule has 0 unspecified atom stereocenters. The van der Waals surface area contributed by atoms with Crippen molar-refractivity contribution in [1.29, 1.82) is 0 Å². The van der Waals surface area contributed by atoms with Crippen LogP contribution in [0.1, 0.15) is 26.6 Å². The third-order valence-electron chi connectivity index (χ3n) is 0.825. The van der Waals surface area contributed by atoms with Crippen LogP contribution in [-0.2, 0) is 0 Å². The molecule has 0 atom stereocenters. The Kier molecular flexibility index (Phi) is 11.5. The molecule has 0 aliphatic heterocycles. The van der Waals surface area contributed by atoms with Crippen molar-refractivity contribution < 1.29 is 31.1 Å². The van der Waals surface area contributed by atoms with E-state index in [1.807, 2.05) is 13.8 Å². The summed E-state index contributed by atoms with van der Waals surface area (Å²) in [4.78, 5) is 7.47. The molecule has 4 nitrogen and oxygen atoms in total. The van der Waals surface area contributed by atoms with Gasteiger partial charge in [-0.05, 0) is 5.82 Å². The molecule has 0 amide bonds. The molecule has 0 N–H and O–H groups in total. The van der Waals surface area contributed by atoms with Gasteiger partial charge in [0.1, 0.15) is 0 Å². The van der Waals surface area contributed by atoms with Crippen molar-refractivity contribution in [3.8, 4) is 0 Å². The Morgan fingerprint density at radius 1 is 1.31 bits per heavy atom. The van der Waals surface area contributed by atoms with Crippen molar-refractivity contribution >= 4 is 12.0 Å². The average Bonchev–Trinajstić information content (AvgIpc) is 2.13. The molecule has 0 bridgehead atoms. The van der Waals surface area contributed by atoms with Gasteiger partial charge in [-0.3, -0.25) is 10.2 Å². The van der Waals surface area contributed by atoms with Crippen molar-refractivity contribution in [1.82, 2.24) is 15.2 Å². The standard InChI is InChI=1S/C6H6N4.C2H6.U/c1-3-7-6-4-8-5(2)9-10-6;1-2;/h1-2H3;1-2H3;/q-2;;+2. The molecule has 5 heteroatoms. The van der Waals surface area contributed by atoms with E-state index in [1.165, 1.54) is 0 Å². The van der Waals surface area contributed by atoms with Gasteiger partial charge in [0.05, 0.1) is 0 Å². The van der Waals surface area contributed by atoms with Gasteiger partial charge in [-0.1, -0.05) is 26.6 Å². The first-order valence-corrected chi connectivity index (χ1v) is 3.79. The summed E-state index contributed by atoms with van der Waals surface area (Å²) in [6, 6.07) is 0. The Morgan fingerprint density at radius 2 is 1.92 bits per heavy atom. The van der Waals surface area contributed by atoms with Gasteiger partial charge in [0.25, 0.3) is 0 Å². The number of aliphatic imine (C=N–C) groups is 1. The van der Waals surface area contributed by atoms with Crippen molar-refractivity contribution in [2.45, 2.75) is 27.7 Å². The van der Waals surface area contributed by atoms with Gasteiger partial charge < -0.3 is 9.98 Å². The fraction of sp³-hybridized carbons (Fsp3) is 0.500. The first-order chi connectivity index (χ1) is 5.83. The summed E-state index contributed by atoms with van der Waals surface area (Å²) in [6.45, 7) is 7.42. The molecule has 1 heterocycles. The Bertz CT molecular complexity index is 232. The first-order valence-electron chi connectivity index (χ1n) is 3.79. The van der Waals surface area contributed by atoms with Gasteiger partial charge in [-0.25, -0.2) is 6.20 Å². The number of hydrogen-bond donors (Lipinski definition) is 0. The summed E-state index contributed by atoms with van der Waals surface area (Å²) >= 11 is 0. The van der Waals surface area contributed by atoms with Gasteiger partial charge in [0, 0.05) is 0 Å². The van der Waals surface area contributed by atoms with E-state index in [-0.39, 0.29) is 31.1 Å². The maximum atomic E-state index is 3.77. The van der Waals surface area contributed by atoms with Crippen molar-refractivity contribution in [2.24, 2.45) is 4.99 Å². The molecule has 0 aromatic carbocycles. The number of aromatic nitrogens is 3. The molecular formula is C8H12N4U. The summed E-state index contributed by atoms with van der Waals surface area (Å²) in [5.41, 5.74) is 0. The maximum absolute atomic E-state index is 3.77. The predicted molar refractivity (Wildman–Crippen MR) is 47.5 cm³/mol. The van der Waals surface area contributed by atoms with Crippen LogP contribution in [0.25, 0.3) is 0 Å². The minimum absolute atomic E-state index is 0. The minimum Gasteiger partial charge on any atom is -0.454 e. The summed E-state index contributed by atoms with van der Waals surface area (Å²) < 4.78 is 0. The first kappa shape index (κ1) is 15.2. The Hall–Kier alpha value is -0.268. The molecule has 0 saturated heterocycles. The molecule has 0 spiro atoms. The molecule has 0 fully saturated rings. The second-order valence-electron chi connectivity index (χ2n) is 1.63. The molecular weight excluding hydrogens is 390 g/mol. The molecule has 68 valence electrons. The summed E-state index contributed by atoms with van der Waals surface area (Å²) in [5, 5.41) is 7.34. The van der Waals surface area contributed by atoms with E-state index < -0.39 is 0 Å². The molecule has 1 rings (SSSR count). The van der Waals surface area contributed by atoms with E-state index in [2.05, 4.69) is 32.6 Å². The van der Waals surface area contributed by atoms with Gasteiger partial charge >= 0.3 is 31.1 Å². The predicted octanol–water partition coefficient (Wildman–Crippen LogP) is 1.61. The van der Waals surface area contributed by atoms with E-state index in [4.69, 9.17) is 0 Å². The molecule has 0 saturated carbocycles. The normalized spacial score (nSPS) is 8.62. The molecule has 0 aliphatic rings. The van der Waals surface area contributed by atoms with E-state index in [9.17, 15) is 0 Å². The number of hydrogen-bond acceptors (Lipinski definition) is 4. The van der Waals surface area contributed by atoms with E-state index in [0.717, 1.165) is 0 Å². The zero-order valence-electron chi connectivity index (χ0n) is 8.29. The van der Waals surface area contributed by atoms with Gasteiger partial charge in [0.15, 0.2) is 0 Å². The molecule has 0 radical (unpaired) electrons. The zero-order valence-corrected chi connectivity index (χ0v) is 12.5. The van der Waals surface area contributed by atoms with Crippen LogP contribution < -0.4 is 0 Å². The largest absolute Gasteiger partial charge is 2.00 e. The zero-order chi connectivity index (χ0) is 9.40. The topological polar surface area (TPSA) is 51.0 Å². The van der Waals surface area contributed by atoms with Crippen LogP contribution in [-0.4, -0.2) is 21.4 Å². The van der Waals surface area contributed by atoms with Gasteiger partial charge in [0.2, 0.25) is 0 Å². The van der Waals surface area contributed by atoms with Crippen LogP contribution in [0.15, 0.2) is 4.99 Å². The second kappa shape index (κ2) is 9.82. The van der Waals surface area contributed by atoms with Crippen molar-refractivity contribution in [3.05, 3.63) is 12.0 Å². The average molecular weight is 402 g/mol. The van der Waals surface area contributed by atoms with E-state index in [0.29, 0.717) is 11.6 Å². The fourth-order valence-corrected chi connectivity index (χ4v) is 0.449. The molecule has 0 aliphatic carbocycles. The van der Waals surface area contributed by atoms with Crippen LogP contribution in [0.2, 0.25) is 0 Å². The number of nitrogens with zero attached hydrogens (tertiary/aromatic N) is 4. The van der Waals surface area contributed by atoms with Crippen LogP contribution in [0.5, 0.6) is 0 Å². The van der Waals surface area contributed by atoms with E-state index >= 15 is 0 Å². The molecule has 1 aromatic rings. The number of aryl methyl sites for hydroxylation is 1. The summed E-state index contributed by atoms with van der Waals surface area (Å²) in [5.74, 6) is 0.961. The van der Waals surface area contributed by atoms with Gasteiger partial charge in [-0.2, -0.15) is 6.21 Å². The monoisotopic (exact) mass is 402 g/mol. The smallest absolute Gasteiger partial charge is 0.454 e. The van der Waals surface area contributed by atoms with Crippen LogP contribution >= 0.6 is 0 Å². The number of rotatable bonds is 1. The van der Waals surface area contributed by atoms with Crippen LogP contribution in [0, 0.1) is 44.2 Å². The van der Waals surface area contributed by atoms with E-state index in [1.54, 1.807) is 13.8 Å². The second-order valence-corrected chi connectivity index (χ2v) is 1.63. The van der Waals surface area contributed by atoms with Crippen molar-refractivity contribution in [2.75, 3.05) is 0 Å². The minimum atomic E-state index is 0.